The van der Waals surface area contributed by atoms with E-state index in [2.05, 4.69) is 5.32 Å². The Bertz CT molecular complexity index is 880. The number of carbonyl (C=O) groups is 1. The molecule has 2 aromatic carbocycles. The molecule has 0 radical (unpaired) electrons. The maximum Gasteiger partial charge on any atom is 0.341 e. The van der Waals surface area contributed by atoms with E-state index in [4.69, 9.17) is 11.6 Å². The molecule has 0 aromatic heterocycles. The molecule has 0 aliphatic carbocycles. The molecule has 0 bridgehead atoms. The molecule has 26 heavy (non-hydrogen) atoms. The molecule has 0 unspecified atom stereocenters. The molecule has 8 heteroatoms. The molecule has 0 spiro atoms. The van der Waals surface area contributed by atoms with Gasteiger partial charge in [-0.1, -0.05) is 37.6 Å². The lowest BCUT2D eigenvalue weighted by atomic mass is 9.84. The first-order valence-corrected chi connectivity index (χ1v) is 9.63. The van der Waals surface area contributed by atoms with Crippen LogP contribution in [0.3, 0.4) is 0 Å². The predicted molar refractivity (Wildman–Crippen MR) is 96.4 cm³/mol. The normalized spacial score (nSPS) is 12.2. The molecule has 0 saturated heterocycles. The summed E-state index contributed by atoms with van der Waals surface area (Å²) in [6.07, 6.45) is 0. The molecular formula is C18H18ClF2NO3S. The number of rotatable bonds is 6. The highest BCUT2D eigenvalue weighted by Gasteiger charge is 2.27. The zero-order valence-electron chi connectivity index (χ0n) is 14.2. The molecule has 2 rings (SSSR count). The van der Waals surface area contributed by atoms with Crippen LogP contribution in [0.25, 0.3) is 0 Å². The van der Waals surface area contributed by atoms with E-state index in [-0.39, 0.29) is 11.0 Å². The number of hydrogen-bond acceptors (Lipinski definition) is 3. The van der Waals surface area contributed by atoms with Gasteiger partial charge in [-0.3, -0.25) is 4.79 Å². The average molecular weight is 402 g/mol. The highest BCUT2D eigenvalue weighted by Crippen LogP contribution is 2.24. The number of halogens is 3. The van der Waals surface area contributed by atoms with Crippen molar-refractivity contribution >= 4 is 27.3 Å². The van der Waals surface area contributed by atoms with Crippen LogP contribution in [0.1, 0.15) is 29.8 Å². The Morgan fingerprint density at radius 1 is 1.08 bits per heavy atom. The zero-order valence-corrected chi connectivity index (χ0v) is 15.7. The van der Waals surface area contributed by atoms with Crippen LogP contribution in [0.4, 0.5) is 8.78 Å². The fourth-order valence-electron chi connectivity index (χ4n) is 2.31. The summed E-state index contributed by atoms with van der Waals surface area (Å²) in [6, 6.07) is 11.7. The number of nitrogens with one attached hydrogen (secondary N) is 1. The van der Waals surface area contributed by atoms with E-state index in [1.54, 1.807) is 12.1 Å². The maximum absolute atomic E-state index is 12.5. The van der Waals surface area contributed by atoms with Gasteiger partial charge in [-0.05, 0) is 42.0 Å². The lowest BCUT2D eigenvalue weighted by molar-refractivity contribution is 0.0945. The number of alkyl halides is 2. The van der Waals surface area contributed by atoms with Crippen LogP contribution >= 0.6 is 11.6 Å². The standard InChI is InChI=1S/C18H18ClF2NO3S/c1-18(2,13-5-7-14(19)8-6-13)11-22-16(23)12-3-9-15(10-4-12)26(24,25)17(20)21/h3-10,17H,11H2,1-2H3,(H,22,23). The number of sulfone groups is 1. The fraction of sp³-hybridized carbons (Fsp3) is 0.278. The third kappa shape index (κ3) is 4.59. The Hall–Kier alpha value is -1.99. The van der Waals surface area contributed by atoms with Gasteiger partial charge in [0.25, 0.3) is 5.91 Å². The van der Waals surface area contributed by atoms with Crippen LogP contribution in [0.5, 0.6) is 0 Å². The lowest BCUT2D eigenvalue weighted by Crippen LogP contribution is -2.36. The van der Waals surface area contributed by atoms with E-state index in [0.29, 0.717) is 11.6 Å². The molecule has 4 nitrogen and oxygen atoms in total. The third-order valence-corrected chi connectivity index (χ3v) is 5.65. The Morgan fingerprint density at radius 2 is 1.62 bits per heavy atom. The first-order chi connectivity index (χ1) is 12.0. The second-order valence-electron chi connectivity index (χ2n) is 6.40. The summed E-state index contributed by atoms with van der Waals surface area (Å²) < 4.78 is 47.8. The van der Waals surface area contributed by atoms with Crippen molar-refractivity contribution in [1.82, 2.24) is 5.32 Å². The first-order valence-electron chi connectivity index (χ1n) is 7.70. The maximum atomic E-state index is 12.5. The Morgan fingerprint density at radius 3 is 2.12 bits per heavy atom. The van der Waals surface area contributed by atoms with Crippen molar-refractivity contribution in [2.24, 2.45) is 0 Å². The van der Waals surface area contributed by atoms with Crippen molar-refractivity contribution < 1.29 is 22.0 Å². The molecule has 0 heterocycles. The van der Waals surface area contributed by atoms with Crippen LogP contribution < -0.4 is 5.32 Å². The van der Waals surface area contributed by atoms with Gasteiger partial charge in [-0.25, -0.2) is 8.42 Å². The molecule has 140 valence electrons. The fourth-order valence-corrected chi connectivity index (χ4v) is 3.15. The van der Waals surface area contributed by atoms with E-state index in [0.717, 1.165) is 17.7 Å². The minimum absolute atomic E-state index is 0.185. The van der Waals surface area contributed by atoms with Gasteiger partial charge >= 0.3 is 5.76 Å². The molecule has 2 aromatic rings. The lowest BCUT2D eigenvalue weighted by Gasteiger charge is -2.25. The van der Waals surface area contributed by atoms with E-state index in [9.17, 15) is 22.0 Å². The van der Waals surface area contributed by atoms with Gasteiger partial charge in [-0.2, -0.15) is 8.78 Å². The van der Waals surface area contributed by atoms with Gasteiger partial charge in [0, 0.05) is 22.5 Å². The Balaban J connectivity index is 2.07. The zero-order chi connectivity index (χ0) is 19.5. The van der Waals surface area contributed by atoms with E-state index in [1.165, 1.54) is 12.1 Å². The van der Waals surface area contributed by atoms with Crippen LogP contribution in [-0.4, -0.2) is 26.6 Å². The summed E-state index contributed by atoms with van der Waals surface area (Å²) in [5, 5.41) is 3.38. The second-order valence-corrected chi connectivity index (χ2v) is 8.76. The molecule has 1 N–H and O–H groups in total. The summed E-state index contributed by atoms with van der Waals surface area (Å²) in [6.45, 7) is 4.23. The van der Waals surface area contributed by atoms with Crippen molar-refractivity contribution in [1.29, 1.82) is 0 Å². The van der Waals surface area contributed by atoms with Crippen LogP contribution in [0.15, 0.2) is 53.4 Å². The molecular weight excluding hydrogens is 384 g/mol. The summed E-state index contributed by atoms with van der Waals surface area (Å²) in [7, 11) is -4.67. The second kappa shape index (κ2) is 7.72. The third-order valence-electron chi connectivity index (χ3n) is 4.00. The minimum atomic E-state index is -4.67. The van der Waals surface area contributed by atoms with Crippen molar-refractivity contribution in [3.05, 3.63) is 64.7 Å². The number of benzene rings is 2. The van der Waals surface area contributed by atoms with Gasteiger partial charge in [0.2, 0.25) is 9.84 Å². The van der Waals surface area contributed by atoms with Gasteiger partial charge in [0.15, 0.2) is 0 Å². The van der Waals surface area contributed by atoms with Crippen LogP contribution in [0.2, 0.25) is 5.02 Å². The topological polar surface area (TPSA) is 63.2 Å². The summed E-state index contributed by atoms with van der Waals surface area (Å²) in [5.74, 6) is -3.92. The number of amides is 1. The largest absolute Gasteiger partial charge is 0.351 e. The SMILES string of the molecule is CC(C)(CNC(=O)c1ccc(S(=O)(=O)C(F)F)cc1)c1ccc(Cl)cc1. The summed E-state index contributed by atoms with van der Waals surface area (Å²) in [5.41, 5.74) is 0.810. The highest BCUT2D eigenvalue weighted by molar-refractivity contribution is 7.91. The van der Waals surface area contributed by atoms with Crippen LogP contribution in [0, 0.1) is 0 Å². The molecule has 0 fully saturated rings. The van der Waals surface area contributed by atoms with Gasteiger partial charge in [0.1, 0.15) is 0 Å². The molecule has 0 saturated carbocycles. The van der Waals surface area contributed by atoms with Crippen molar-refractivity contribution in [3.8, 4) is 0 Å². The Labute approximate surface area is 156 Å². The van der Waals surface area contributed by atoms with E-state index < -0.39 is 26.4 Å². The van der Waals surface area contributed by atoms with E-state index >= 15 is 0 Å². The van der Waals surface area contributed by atoms with E-state index in [1.807, 2.05) is 26.0 Å². The highest BCUT2D eigenvalue weighted by atomic mass is 35.5. The number of hydrogen-bond donors (Lipinski definition) is 1. The molecule has 1 amide bonds. The summed E-state index contributed by atoms with van der Waals surface area (Å²) >= 11 is 5.87. The predicted octanol–water partition coefficient (Wildman–Crippen LogP) is 4.04. The average Bonchev–Trinajstić information content (AvgIpc) is 2.60. The monoisotopic (exact) mass is 401 g/mol. The van der Waals surface area contributed by atoms with Crippen molar-refractivity contribution in [2.45, 2.75) is 29.9 Å². The van der Waals surface area contributed by atoms with Crippen molar-refractivity contribution in [3.63, 3.8) is 0 Å². The van der Waals surface area contributed by atoms with Crippen LogP contribution in [-0.2, 0) is 15.3 Å². The molecule has 0 aliphatic heterocycles. The minimum Gasteiger partial charge on any atom is -0.351 e. The smallest absolute Gasteiger partial charge is 0.341 e. The molecule has 0 aliphatic rings. The Kier molecular flexibility index (Phi) is 6.03. The van der Waals surface area contributed by atoms with Gasteiger partial charge in [0.05, 0.1) is 4.90 Å². The summed E-state index contributed by atoms with van der Waals surface area (Å²) in [4.78, 5) is 11.7. The molecule has 0 atom stereocenters. The quantitative estimate of drug-likeness (QED) is 0.794. The van der Waals surface area contributed by atoms with Crippen molar-refractivity contribution in [2.75, 3.05) is 6.54 Å². The van der Waals surface area contributed by atoms with Gasteiger partial charge in [-0.15, -0.1) is 0 Å². The number of carbonyl (C=O) groups excluding carboxylic acids is 1. The van der Waals surface area contributed by atoms with Gasteiger partial charge < -0.3 is 5.32 Å². The first kappa shape index (κ1) is 20.3.